The summed E-state index contributed by atoms with van der Waals surface area (Å²) in [5, 5.41) is 0. The molecule has 2 fully saturated rings. The monoisotopic (exact) mass is 296 g/mol. The van der Waals surface area contributed by atoms with E-state index in [1.807, 2.05) is 13.8 Å². The molecule has 1 aliphatic heterocycles. The van der Waals surface area contributed by atoms with Crippen LogP contribution in [0.25, 0.3) is 0 Å². The van der Waals surface area contributed by atoms with Gasteiger partial charge in [0.2, 0.25) is 5.91 Å². The van der Waals surface area contributed by atoms with Gasteiger partial charge < -0.3 is 20.1 Å². The Morgan fingerprint density at radius 2 is 2.29 bits per heavy atom. The van der Waals surface area contributed by atoms with Gasteiger partial charge in [-0.2, -0.15) is 0 Å². The number of fused-ring (bicyclic) bond motifs is 1. The van der Waals surface area contributed by atoms with Crippen molar-refractivity contribution < 1.29 is 14.3 Å². The number of rotatable bonds is 6. The van der Waals surface area contributed by atoms with E-state index < -0.39 is 5.54 Å². The van der Waals surface area contributed by atoms with Gasteiger partial charge in [-0.15, -0.1) is 6.58 Å². The Bertz CT molecular complexity index is 410. The normalized spacial score (nSPS) is 33.7. The van der Waals surface area contributed by atoms with Gasteiger partial charge >= 0.3 is 0 Å². The summed E-state index contributed by atoms with van der Waals surface area (Å²) >= 11 is 0. The Kier molecular flexibility index (Phi) is 4.76. The molecule has 1 saturated heterocycles. The fourth-order valence-corrected chi connectivity index (χ4v) is 3.90. The molecule has 2 rings (SSSR count). The Morgan fingerprint density at radius 1 is 1.57 bits per heavy atom. The summed E-state index contributed by atoms with van der Waals surface area (Å²) in [6, 6.07) is 0. The van der Waals surface area contributed by atoms with Crippen LogP contribution in [0.2, 0.25) is 0 Å². The first-order chi connectivity index (χ1) is 9.91. The number of carbonyl (C=O) groups excluding carboxylic acids is 1. The Balaban J connectivity index is 2.20. The second kappa shape index (κ2) is 6.07. The first-order valence-corrected chi connectivity index (χ1v) is 7.71. The van der Waals surface area contributed by atoms with Gasteiger partial charge in [-0.05, 0) is 12.8 Å². The van der Waals surface area contributed by atoms with E-state index >= 15 is 0 Å². The highest BCUT2D eigenvalue weighted by molar-refractivity contribution is 5.89. The zero-order valence-electron chi connectivity index (χ0n) is 13.4. The molecule has 3 atom stereocenters. The van der Waals surface area contributed by atoms with Gasteiger partial charge in [0, 0.05) is 38.1 Å². The molecule has 1 aliphatic carbocycles. The summed E-state index contributed by atoms with van der Waals surface area (Å²) in [6.07, 6.45) is 3.76. The summed E-state index contributed by atoms with van der Waals surface area (Å²) in [4.78, 5) is 14.8. The standard InChI is InChI=1S/C16H28N2O3/c1-5-8-18(9-11-20-4)14(19)16(17)12-7-6-10-21-13(12)15(16,2)3/h5,12-13H,1,6-11,17H2,2-4H3. The quantitative estimate of drug-likeness (QED) is 0.748. The van der Waals surface area contributed by atoms with Crippen LogP contribution in [-0.4, -0.2) is 55.9 Å². The minimum Gasteiger partial charge on any atom is -0.383 e. The van der Waals surface area contributed by atoms with E-state index in [0.717, 1.165) is 19.4 Å². The smallest absolute Gasteiger partial charge is 0.244 e. The molecule has 2 aliphatic rings. The molecule has 0 bridgehead atoms. The summed E-state index contributed by atoms with van der Waals surface area (Å²) < 4.78 is 11.0. The summed E-state index contributed by atoms with van der Waals surface area (Å²) in [5.74, 6) is 0.111. The van der Waals surface area contributed by atoms with Gasteiger partial charge in [-0.25, -0.2) is 0 Å². The van der Waals surface area contributed by atoms with Gasteiger partial charge in [-0.3, -0.25) is 4.79 Å². The SMILES string of the molecule is C=CCN(CCOC)C(=O)C1(N)C2CCCOC2C1(C)C. The predicted octanol–water partition coefficient (Wildman–Crippen LogP) is 1.18. The molecule has 0 radical (unpaired) electrons. The number of nitrogens with zero attached hydrogens (tertiary/aromatic N) is 1. The molecular formula is C16H28N2O3. The van der Waals surface area contributed by atoms with E-state index in [1.54, 1.807) is 18.1 Å². The van der Waals surface area contributed by atoms with Gasteiger partial charge in [0.25, 0.3) is 0 Å². The lowest BCUT2D eigenvalue weighted by molar-refractivity contribution is -0.230. The van der Waals surface area contributed by atoms with Crippen molar-refractivity contribution in [1.29, 1.82) is 0 Å². The van der Waals surface area contributed by atoms with Gasteiger partial charge in [-0.1, -0.05) is 19.9 Å². The Hall–Kier alpha value is -0.910. The third kappa shape index (κ3) is 2.41. The number of hydrogen-bond donors (Lipinski definition) is 1. The molecule has 3 unspecified atom stereocenters. The van der Waals surface area contributed by atoms with Crippen molar-refractivity contribution in [3.63, 3.8) is 0 Å². The second-order valence-electron chi connectivity index (χ2n) is 6.66. The molecule has 120 valence electrons. The first kappa shape index (κ1) is 16.5. The van der Waals surface area contributed by atoms with Gasteiger partial charge in [0.15, 0.2) is 0 Å². The van der Waals surface area contributed by atoms with E-state index in [0.29, 0.717) is 19.7 Å². The Morgan fingerprint density at radius 3 is 2.90 bits per heavy atom. The maximum Gasteiger partial charge on any atom is 0.244 e. The van der Waals surface area contributed by atoms with Crippen molar-refractivity contribution in [3.05, 3.63) is 12.7 Å². The van der Waals surface area contributed by atoms with E-state index in [9.17, 15) is 4.79 Å². The lowest BCUT2D eigenvalue weighted by Crippen LogP contribution is -2.82. The van der Waals surface area contributed by atoms with Crippen LogP contribution >= 0.6 is 0 Å². The molecule has 1 saturated carbocycles. The molecule has 1 amide bonds. The molecule has 21 heavy (non-hydrogen) atoms. The molecule has 5 nitrogen and oxygen atoms in total. The lowest BCUT2D eigenvalue weighted by atomic mass is 9.46. The van der Waals surface area contributed by atoms with E-state index in [1.165, 1.54) is 0 Å². The number of hydrogen-bond acceptors (Lipinski definition) is 4. The number of ether oxygens (including phenoxy) is 2. The van der Waals surface area contributed by atoms with E-state index in [-0.39, 0.29) is 23.3 Å². The summed E-state index contributed by atoms with van der Waals surface area (Å²) in [5.41, 5.74) is 5.44. The van der Waals surface area contributed by atoms with Crippen molar-refractivity contribution in [3.8, 4) is 0 Å². The van der Waals surface area contributed by atoms with Crippen molar-refractivity contribution >= 4 is 5.91 Å². The fourth-order valence-electron chi connectivity index (χ4n) is 3.90. The second-order valence-corrected chi connectivity index (χ2v) is 6.66. The molecule has 5 heteroatoms. The predicted molar refractivity (Wildman–Crippen MR) is 81.8 cm³/mol. The summed E-state index contributed by atoms with van der Waals surface area (Å²) in [7, 11) is 1.63. The van der Waals surface area contributed by atoms with Crippen LogP contribution in [0, 0.1) is 11.3 Å². The van der Waals surface area contributed by atoms with Crippen molar-refractivity contribution in [1.82, 2.24) is 4.90 Å². The van der Waals surface area contributed by atoms with Crippen molar-refractivity contribution in [2.24, 2.45) is 17.1 Å². The third-order valence-corrected chi connectivity index (χ3v) is 5.24. The van der Waals surface area contributed by atoms with Crippen LogP contribution in [0.15, 0.2) is 12.7 Å². The third-order valence-electron chi connectivity index (χ3n) is 5.24. The summed E-state index contributed by atoms with van der Waals surface area (Å²) in [6.45, 7) is 10.1. The highest BCUT2D eigenvalue weighted by Crippen LogP contribution is 2.57. The lowest BCUT2D eigenvalue weighted by Gasteiger charge is -2.65. The van der Waals surface area contributed by atoms with Crippen LogP contribution in [0.5, 0.6) is 0 Å². The van der Waals surface area contributed by atoms with Crippen LogP contribution in [0.3, 0.4) is 0 Å². The number of carbonyl (C=O) groups is 1. The van der Waals surface area contributed by atoms with Crippen molar-refractivity contribution in [2.45, 2.75) is 38.3 Å². The van der Waals surface area contributed by atoms with Crippen LogP contribution in [-0.2, 0) is 14.3 Å². The van der Waals surface area contributed by atoms with Crippen LogP contribution in [0.1, 0.15) is 26.7 Å². The highest BCUT2D eigenvalue weighted by atomic mass is 16.5. The molecule has 0 spiro atoms. The zero-order chi connectivity index (χ0) is 15.7. The van der Waals surface area contributed by atoms with E-state index in [4.69, 9.17) is 15.2 Å². The van der Waals surface area contributed by atoms with Gasteiger partial charge in [0.1, 0.15) is 5.54 Å². The first-order valence-electron chi connectivity index (χ1n) is 7.71. The molecule has 1 heterocycles. The highest BCUT2D eigenvalue weighted by Gasteiger charge is 2.70. The minimum absolute atomic E-state index is 0.00352. The molecule has 0 aromatic carbocycles. The van der Waals surface area contributed by atoms with Crippen LogP contribution in [0.4, 0.5) is 0 Å². The average molecular weight is 296 g/mol. The topological polar surface area (TPSA) is 64.8 Å². The van der Waals surface area contributed by atoms with Gasteiger partial charge in [0.05, 0.1) is 12.7 Å². The maximum atomic E-state index is 13.1. The van der Waals surface area contributed by atoms with Crippen LogP contribution < -0.4 is 5.73 Å². The number of nitrogens with two attached hydrogens (primary N) is 1. The Labute approximate surface area is 127 Å². The average Bonchev–Trinajstić information content (AvgIpc) is 2.49. The minimum atomic E-state index is -0.852. The molecule has 0 aromatic rings. The number of methoxy groups -OCH3 is 1. The molecule has 0 aromatic heterocycles. The molecule has 2 N–H and O–H groups in total. The number of amides is 1. The fraction of sp³-hybridized carbons (Fsp3) is 0.812. The molecular weight excluding hydrogens is 268 g/mol. The van der Waals surface area contributed by atoms with E-state index in [2.05, 4.69) is 6.58 Å². The van der Waals surface area contributed by atoms with Crippen molar-refractivity contribution in [2.75, 3.05) is 33.4 Å². The largest absolute Gasteiger partial charge is 0.383 e. The zero-order valence-corrected chi connectivity index (χ0v) is 13.4. The maximum absolute atomic E-state index is 13.1.